The lowest BCUT2D eigenvalue weighted by atomic mass is 10.0. The van der Waals surface area contributed by atoms with Crippen LogP contribution < -0.4 is 9.80 Å². The molecule has 3 unspecified atom stereocenters. The first kappa shape index (κ1) is 19.6. The van der Waals surface area contributed by atoms with Crippen LogP contribution in [0.4, 0.5) is 11.4 Å². The molecule has 1 saturated carbocycles. The maximum absolute atomic E-state index is 13.5. The van der Waals surface area contributed by atoms with Crippen LogP contribution >= 0.6 is 0 Å². The van der Waals surface area contributed by atoms with Gasteiger partial charge in [-0.3, -0.25) is 9.59 Å². The number of amides is 2. The van der Waals surface area contributed by atoms with Crippen LogP contribution in [-0.2, 0) is 20.9 Å². The maximum atomic E-state index is 13.5. The average Bonchev–Trinajstić information content (AvgIpc) is 3.19. The zero-order chi connectivity index (χ0) is 20.4. The molecule has 1 aliphatic heterocycles. The van der Waals surface area contributed by atoms with Crippen molar-refractivity contribution in [3.8, 4) is 0 Å². The number of anilines is 2. The molecule has 5 heteroatoms. The Bertz CT molecular complexity index is 883. The number of methoxy groups -OCH3 is 1. The Labute approximate surface area is 172 Å². The second kappa shape index (κ2) is 8.37. The minimum atomic E-state index is -0.182. The van der Waals surface area contributed by atoms with Gasteiger partial charge < -0.3 is 14.5 Å². The number of ether oxygens (including phenoxy) is 1. The molecule has 5 nitrogen and oxygen atoms in total. The fourth-order valence-electron chi connectivity index (χ4n) is 4.57. The van der Waals surface area contributed by atoms with E-state index >= 15 is 0 Å². The first-order valence-corrected chi connectivity index (χ1v) is 10.4. The van der Waals surface area contributed by atoms with Crippen molar-refractivity contribution in [2.45, 2.75) is 51.3 Å². The van der Waals surface area contributed by atoms with E-state index in [4.69, 9.17) is 4.74 Å². The van der Waals surface area contributed by atoms with Crippen LogP contribution in [0.15, 0.2) is 54.6 Å². The molecule has 0 aromatic heterocycles. The van der Waals surface area contributed by atoms with Crippen LogP contribution in [0.25, 0.3) is 0 Å². The molecule has 0 spiro atoms. The Morgan fingerprint density at radius 3 is 2.41 bits per heavy atom. The molecule has 2 aromatic carbocycles. The van der Waals surface area contributed by atoms with Crippen molar-refractivity contribution in [3.05, 3.63) is 60.2 Å². The Kier molecular flexibility index (Phi) is 5.67. The zero-order valence-corrected chi connectivity index (χ0v) is 17.1. The van der Waals surface area contributed by atoms with E-state index in [9.17, 15) is 9.59 Å². The van der Waals surface area contributed by atoms with Crippen molar-refractivity contribution >= 4 is 23.2 Å². The largest absolute Gasteiger partial charge is 0.381 e. The summed E-state index contributed by atoms with van der Waals surface area (Å²) < 4.78 is 5.47. The Morgan fingerprint density at radius 2 is 1.72 bits per heavy atom. The maximum Gasteiger partial charge on any atom is 0.230 e. The predicted molar refractivity (Wildman–Crippen MR) is 114 cm³/mol. The summed E-state index contributed by atoms with van der Waals surface area (Å²) >= 11 is 0. The van der Waals surface area contributed by atoms with E-state index in [-0.39, 0.29) is 29.9 Å². The monoisotopic (exact) mass is 392 g/mol. The Balaban J connectivity index is 1.68. The highest BCUT2D eigenvalue weighted by atomic mass is 16.5. The number of benzene rings is 2. The second-order valence-corrected chi connectivity index (χ2v) is 8.08. The molecule has 0 N–H and O–H groups in total. The van der Waals surface area contributed by atoms with Crippen molar-refractivity contribution < 1.29 is 14.3 Å². The van der Waals surface area contributed by atoms with Crippen LogP contribution in [0.2, 0.25) is 0 Å². The molecular weight excluding hydrogens is 364 g/mol. The van der Waals surface area contributed by atoms with Gasteiger partial charge in [-0.15, -0.1) is 0 Å². The second-order valence-electron chi connectivity index (χ2n) is 8.08. The van der Waals surface area contributed by atoms with Gasteiger partial charge in [0.2, 0.25) is 11.8 Å². The number of carbonyl (C=O) groups excluding carboxylic acids is 2. The first-order valence-electron chi connectivity index (χ1n) is 10.4. The molecule has 2 aromatic rings. The molecule has 0 bridgehead atoms. The lowest BCUT2D eigenvalue weighted by molar-refractivity contribution is -0.123. The zero-order valence-electron chi connectivity index (χ0n) is 17.1. The fourth-order valence-corrected chi connectivity index (χ4v) is 4.57. The third-order valence-electron chi connectivity index (χ3n) is 6.13. The highest BCUT2D eigenvalue weighted by molar-refractivity contribution is 6.06. The van der Waals surface area contributed by atoms with Gasteiger partial charge in [0.05, 0.1) is 24.0 Å². The number of hydrogen-bond acceptors (Lipinski definition) is 3. The van der Waals surface area contributed by atoms with E-state index in [0.717, 1.165) is 36.2 Å². The summed E-state index contributed by atoms with van der Waals surface area (Å²) in [4.78, 5) is 30.3. The first-order chi connectivity index (χ1) is 14.1. The molecular formula is C24H28N2O3. The van der Waals surface area contributed by atoms with Gasteiger partial charge in [0, 0.05) is 25.5 Å². The molecule has 2 aliphatic rings. The number of rotatable bonds is 4. The van der Waals surface area contributed by atoms with Gasteiger partial charge in [0.1, 0.15) is 0 Å². The van der Waals surface area contributed by atoms with E-state index in [1.165, 1.54) is 0 Å². The summed E-state index contributed by atoms with van der Waals surface area (Å²) in [5, 5.41) is 0. The minimum Gasteiger partial charge on any atom is -0.381 e. The predicted octanol–water partition coefficient (Wildman–Crippen LogP) is 4.16. The van der Waals surface area contributed by atoms with Gasteiger partial charge in [-0.25, -0.2) is 0 Å². The molecule has 3 atom stereocenters. The molecule has 0 saturated heterocycles. The summed E-state index contributed by atoms with van der Waals surface area (Å²) in [5.74, 6) is 0.107. The summed E-state index contributed by atoms with van der Waals surface area (Å²) in [6.07, 6.45) is 2.97. The van der Waals surface area contributed by atoms with Crippen molar-refractivity contribution in [2.75, 3.05) is 16.9 Å². The lowest BCUT2D eigenvalue weighted by Crippen LogP contribution is -2.42. The van der Waals surface area contributed by atoms with Crippen LogP contribution in [0.5, 0.6) is 0 Å². The van der Waals surface area contributed by atoms with Crippen molar-refractivity contribution in [1.29, 1.82) is 0 Å². The third kappa shape index (κ3) is 3.92. The molecule has 1 fully saturated rings. The van der Waals surface area contributed by atoms with Crippen LogP contribution in [0, 0.1) is 5.92 Å². The molecule has 152 valence electrons. The van der Waals surface area contributed by atoms with Crippen LogP contribution in [0.3, 0.4) is 0 Å². The van der Waals surface area contributed by atoms with E-state index in [1.807, 2.05) is 71.3 Å². The van der Waals surface area contributed by atoms with Gasteiger partial charge in [0.15, 0.2) is 0 Å². The summed E-state index contributed by atoms with van der Waals surface area (Å²) in [6.45, 7) is 2.47. The summed E-state index contributed by atoms with van der Waals surface area (Å²) in [6, 6.07) is 17.6. The fraction of sp³-hybridized carbons (Fsp3) is 0.417. The molecule has 29 heavy (non-hydrogen) atoms. The molecule has 1 heterocycles. The average molecular weight is 392 g/mol. The van der Waals surface area contributed by atoms with Gasteiger partial charge in [-0.2, -0.15) is 0 Å². The van der Waals surface area contributed by atoms with Crippen LogP contribution in [-0.4, -0.2) is 31.1 Å². The molecule has 0 radical (unpaired) electrons. The number of hydrogen-bond donors (Lipinski definition) is 0. The van der Waals surface area contributed by atoms with Crippen molar-refractivity contribution in [3.63, 3.8) is 0 Å². The van der Waals surface area contributed by atoms with Gasteiger partial charge in [-0.05, 0) is 43.9 Å². The van der Waals surface area contributed by atoms with E-state index in [1.54, 1.807) is 7.11 Å². The molecule has 2 amide bonds. The van der Waals surface area contributed by atoms with Crippen LogP contribution in [0.1, 0.15) is 38.2 Å². The van der Waals surface area contributed by atoms with E-state index < -0.39 is 0 Å². The number of nitrogens with zero attached hydrogens (tertiary/aromatic N) is 2. The SMILES string of the molecule is COC1CCC(C(=O)N2c3ccccc3N(Cc3ccccc3)C(=O)CC2C)C1. The van der Waals surface area contributed by atoms with Gasteiger partial charge in [-0.1, -0.05) is 42.5 Å². The van der Waals surface area contributed by atoms with Gasteiger partial charge >= 0.3 is 0 Å². The smallest absolute Gasteiger partial charge is 0.230 e. The van der Waals surface area contributed by atoms with E-state index in [2.05, 4.69) is 0 Å². The standard InChI is InChI=1S/C24H28N2O3/c1-17-14-23(27)25(16-18-8-4-3-5-9-18)21-10-6-7-11-22(21)26(17)24(28)19-12-13-20(15-19)29-2/h3-11,17,19-20H,12-16H2,1-2H3. The topological polar surface area (TPSA) is 49.9 Å². The van der Waals surface area contributed by atoms with Crippen molar-refractivity contribution in [2.24, 2.45) is 5.92 Å². The van der Waals surface area contributed by atoms with Crippen molar-refractivity contribution in [1.82, 2.24) is 0 Å². The van der Waals surface area contributed by atoms with Gasteiger partial charge in [0.25, 0.3) is 0 Å². The third-order valence-corrected chi connectivity index (χ3v) is 6.13. The summed E-state index contributed by atoms with van der Waals surface area (Å²) in [7, 11) is 1.71. The Hall–Kier alpha value is -2.66. The molecule has 4 rings (SSSR count). The quantitative estimate of drug-likeness (QED) is 0.785. The highest BCUT2D eigenvalue weighted by Gasteiger charge is 2.39. The minimum absolute atomic E-state index is 0.0466. The lowest BCUT2D eigenvalue weighted by Gasteiger charge is -2.30. The summed E-state index contributed by atoms with van der Waals surface area (Å²) in [5.41, 5.74) is 2.70. The molecule has 1 aliphatic carbocycles. The number of fused-ring (bicyclic) bond motifs is 1. The highest BCUT2D eigenvalue weighted by Crippen LogP contribution is 2.39. The Morgan fingerprint density at radius 1 is 1.03 bits per heavy atom. The van der Waals surface area contributed by atoms with E-state index in [0.29, 0.717) is 13.0 Å². The number of carbonyl (C=O) groups is 2. The normalized spacial score (nSPS) is 24.3. The number of para-hydroxylation sites is 2.